The van der Waals surface area contributed by atoms with Crippen molar-refractivity contribution in [1.29, 1.82) is 5.26 Å². The van der Waals surface area contributed by atoms with Crippen molar-refractivity contribution in [2.24, 2.45) is 0 Å². The summed E-state index contributed by atoms with van der Waals surface area (Å²) in [5.41, 5.74) is 7.31. The largest absolute Gasteiger partial charge is 0.389 e. The molecule has 2 heterocycles. The zero-order valence-electron chi connectivity index (χ0n) is 12.2. The second-order valence-electron chi connectivity index (χ2n) is 5.52. The zero-order valence-corrected chi connectivity index (χ0v) is 13.0. The summed E-state index contributed by atoms with van der Waals surface area (Å²) in [4.78, 5) is 2.95. The Balaban J connectivity index is 1.75. The third-order valence-corrected chi connectivity index (χ3v) is 5.07. The van der Waals surface area contributed by atoms with Crippen molar-refractivity contribution in [3.63, 3.8) is 0 Å². The van der Waals surface area contributed by atoms with Gasteiger partial charge in [0.25, 0.3) is 0 Å². The lowest BCUT2D eigenvalue weighted by atomic mass is 10.0. The number of nitrogens with two attached hydrogens (primary N) is 1. The summed E-state index contributed by atoms with van der Waals surface area (Å²) in [6.07, 6.45) is -0.454. The number of aliphatic hydroxyl groups excluding tert-OH is 1. The average Bonchev–Trinajstić information content (AvgIpc) is 2.83. The van der Waals surface area contributed by atoms with Gasteiger partial charge in [0.15, 0.2) is 0 Å². The number of β-amino-alcohol motifs (C(OH)–C–C–N with tert-alkyl or cyclic N) is 1. The van der Waals surface area contributed by atoms with E-state index >= 15 is 0 Å². The van der Waals surface area contributed by atoms with E-state index in [-0.39, 0.29) is 12.1 Å². The quantitative estimate of drug-likeness (QED) is 0.904. The number of nitrogen functional groups attached to an aromatic ring is 1. The molecule has 23 heavy (non-hydrogen) atoms. The van der Waals surface area contributed by atoms with E-state index in [1.54, 1.807) is 0 Å². The number of fused-ring (bicyclic) bond motifs is 1. The number of nitrogens with zero attached hydrogens (tertiary/aromatic N) is 2. The first-order valence-electron chi connectivity index (χ1n) is 7.15. The maximum absolute atomic E-state index is 13.7. The Morgan fingerprint density at radius 3 is 2.96 bits per heavy atom. The number of nitriles is 1. The van der Waals surface area contributed by atoms with Crippen molar-refractivity contribution in [2.75, 3.05) is 18.8 Å². The van der Waals surface area contributed by atoms with Crippen LogP contribution in [0.4, 0.5) is 13.8 Å². The van der Waals surface area contributed by atoms with Crippen LogP contribution in [-0.4, -0.2) is 23.1 Å². The van der Waals surface area contributed by atoms with Gasteiger partial charge >= 0.3 is 0 Å². The van der Waals surface area contributed by atoms with Crippen LogP contribution in [0, 0.1) is 23.0 Å². The number of hydrogen-bond acceptors (Lipinski definition) is 5. The highest BCUT2D eigenvalue weighted by atomic mass is 32.1. The van der Waals surface area contributed by atoms with Gasteiger partial charge in [0, 0.05) is 30.1 Å². The van der Waals surface area contributed by atoms with Crippen LogP contribution in [0.5, 0.6) is 0 Å². The molecule has 0 saturated heterocycles. The van der Waals surface area contributed by atoms with Crippen molar-refractivity contribution >= 4 is 16.3 Å². The first kappa shape index (κ1) is 15.9. The second kappa shape index (κ2) is 6.24. The molecule has 0 bridgehead atoms. The highest BCUT2D eigenvalue weighted by molar-refractivity contribution is 7.16. The first-order chi connectivity index (χ1) is 11.0. The topological polar surface area (TPSA) is 73.3 Å². The molecule has 0 fully saturated rings. The van der Waals surface area contributed by atoms with Gasteiger partial charge in [-0.25, -0.2) is 8.78 Å². The highest BCUT2D eigenvalue weighted by Gasteiger charge is 2.25. The van der Waals surface area contributed by atoms with E-state index in [1.807, 2.05) is 4.90 Å². The van der Waals surface area contributed by atoms with Crippen molar-refractivity contribution in [3.05, 3.63) is 51.4 Å². The maximum Gasteiger partial charge on any atom is 0.129 e. The molecule has 3 N–H and O–H groups in total. The Bertz CT molecular complexity index is 784. The van der Waals surface area contributed by atoms with Crippen LogP contribution in [0.3, 0.4) is 0 Å². The minimum Gasteiger partial charge on any atom is -0.389 e. The summed E-state index contributed by atoms with van der Waals surface area (Å²) in [5, 5.41) is 19.8. The molecule has 0 aliphatic carbocycles. The van der Waals surface area contributed by atoms with Crippen LogP contribution in [-0.2, 0) is 13.0 Å². The van der Waals surface area contributed by atoms with Gasteiger partial charge in [0.05, 0.1) is 11.7 Å². The molecule has 2 aromatic rings. The number of hydrogen-bond donors (Lipinski definition) is 2. The van der Waals surface area contributed by atoms with E-state index < -0.39 is 17.7 Å². The molecule has 1 aromatic heterocycles. The molecule has 120 valence electrons. The normalized spacial score (nSPS) is 15.9. The molecule has 0 amide bonds. The van der Waals surface area contributed by atoms with Crippen LogP contribution in [0.25, 0.3) is 0 Å². The Labute approximate surface area is 136 Å². The molecular weight excluding hydrogens is 320 g/mol. The minimum atomic E-state index is -1.11. The summed E-state index contributed by atoms with van der Waals surface area (Å²) >= 11 is 1.37. The third kappa shape index (κ3) is 3.06. The molecule has 0 radical (unpaired) electrons. The zero-order chi connectivity index (χ0) is 16.6. The number of anilines is 1. The van der Waals surface area contributed by atoms with Crippen LogP contribution in [0.2, 0.25) is 0 Å². The van der Waals surface area contributed by atoms with E-state index in [0.717, 1.165) is 28.6 Å². The molecule has 3 rings (SSSR count). The van der Waals surface area contributed by atoms with Gasteiger partial charge in [-0.05, 0) is 30.2 Å². The summed E-state index contributed by atoms with van der Waals surface area (Å²) in [6.45, 7) is 1.37. The fourth-order valence-corrected chi connectivity index (χ4v) is 3.98. The minimum absolute atomic E-state index is 0.0424. The average molecular weight is 335 g/mol. The van der Waals surface area contributed by atoms with Crippen molar-refractivity contribution in [3.8, 4) is 6.07 Å². The van der Waals surface area contributed by atoms with Gasteiger partial charge in [-0.15, -0.1) is 11.3 Å². The summed E-state index contributed by atoms with van der Waals surface area (Å²) in [7, 11) is 0. The monoisotopic (exact) mass is 335 g/mol. The van der Waals surface area contributed by atoms with E-state index in [9.17, 15) is 13.9 Å². The summed E-state index contributed by atoms with van der Waals surface area (Å²) < 4.78 is 27.0. The SMILES string of the molecule is N#Cc1c(N)sc2c1CCN(CC(O)c1cc(F)ccc1F)C2. The molecule has 0 spiro atoms. The Morgan fingerprint density at radius 1 is 1.43 bits per heavy atom. The van der Waals surface area contributed by atoms with E-state index in [1.165, 1.54) is 11.3 Å². The number of rotatable bonds is 3. The third-order valence-electron chi connectivity index (χ3n) is 4.02. The van der Waals surface area contributed by atoms with E-state index in [2.05, 4.69) is 6.07 Å². The van der Waals surface area contributed by atoms with E-state index in [0.29, 0.717) is 30.1 Å². The first-order valence-corrected chi connectivity index (χ1v) is 7.96. The lowest BCUT2D eigenvalue weighted by molar-refractivity contribution is 0.103. The van der Waals surface area contributed by atoms with Crippen LogP contribution in [0.1, 0.15) is 27.7 Å². The predicted molar refractivity (Wildman–Crippen MR) is 83.7 cm³/mol. The predicted octanol–water partition coefficient (Wildman–Crippen LogP) is 2.57. The fraction of sp³-hybridized carbons (Fsp3) is 0.312. The van der Waals surface area contributed by atoms with Gasteiger partial charge in [-0.3, -0.25) is 4.90 Å². The Hall–Kier alpha value is -2.01. The molecule has 0 saturated carbocycles. The second-order valence-corrected chi connectivity index (χ2v) is 6.66. The molecule has 1 unspecified atom stereocenters. The highest BCUT2D eigenvalue weighted by Crippen LogP contribution is 2.35. The van der Waals surface area contributed by atoms with Gasteiger partial charge in [0.2, 0.25) is 0 Å². The van der Waals surface area contributed by atoms with Crippen LogP contribution < -0.4 is 5.73 Å². The smallest absolute Gasteiger partial charge is 0.129 e. The summed E-state index contributed by atoms with van der Waals surface area (Å²) in [5.74, 6) is -1.20. The maximum atomic E-state index is 13.7. The molecule has 1 aliphatic heterocycles. The van der Waals surface area contributed by atoms with Crippen molar-refractivity contribution < 1.29 is 13.9 Å². The number of aliphatic hydroxyl groups is 1. The lowest BCUT2D eigenvalue weighted by Crippen LogP contribution is -2.33. The van der Waals surface area contributed by atoms with Gasteiger partial charge in [0.1, 0.15) is 22.7 Å². The van der Waals surface area contributed by atoms with Crippen LogP contribution >= 0.6 is 11.3 Å². The molecule has 4 nitrogen and oxygen atoms in total. The fourth-order valence-electron chi connectivity index (χ4n) is 2.87. The Kier molecular flexibility index (Phi) is 4.31. The molecule has 1 aliphatic rings. The van der Waals surface area contributed by atoms with Gasteiger partial charge < -0.3 is 10.8 Å². The van der Waals surface area contributed by atoms with Crippen LogP contribution in [0.15, 0.2) is 18.2 Å². The lowest BCUT2D eigenvalue weighted by Gasteiger charge is -2.28. The Morgan fingerprint density at radius 2 is 2.22 bits per heavy atom. The number of thiophene rings is 1. The number of halogens is 2. The van der Waals surface area contributed by atoms with Crippen molar-refractivity contribution in [2.45, 2.75) is 19.1 Å². The summed E-state index contributed by atoms with van der Waals surface area (Å²) in [6, 6.07) is 5.18. The van der Waals surface area contributed by atoms with Crippen molar-refractivity contribution in [1.82, 2.24) is 4.90 Å². The van der Waals surface area contributed by atoms with Gasteiger partial charge in [-0.1, -0.05) is 0 Å². The molecule has 1 atom stereocenters. The molecular formula is C16H15F2N3OS. The standard InChI is InChI=1S/C16H15F2N3OS/c17-9-1-2-13(18)11(5-9)14(22)7-21-4-3-10-12(6-19)16(20)23-15(10)8-21/h1-2,5,14,22H,3-4,7-8,20H2. The van der Waals surface area contributed by atoms with E-state index in [4.69, 9.17) is 11.0 Å². The molecule has 7 heteroatoms. The number of benzene rings is 1. The molecule has 1 aromatic carbocycles. The van der Waals surface area contributed by atoms with Gasteiger partial charge in [-0.2, -0.15) is 5.26 Å².